The minimum absolute atomic E-state index is 0.0696. The quantitative estimate of drug-likeness (QED) is 0.821. The van der Waals surface area contributed by atoms with Crippen LogP contribution in [0.1, 0.15) is 25.7 Å². The van der Waals surface area contributed by atoms with E-state index in [1.54, 1.807) is 18.0 Å². The van der Waals surface area contributed by atoms with E-state index in [-0.39, 0.29) is 6.54 Å². The predicted octanol–water partition coefficient (Wildman–Crippen LogP) is 1.35. The topological polar surface area (TPSA) is 78.4 Å². The summed E-state index contributed by atoms with van der Waals surface area (Å²) in [5.41, 5.74) is 0. The molecule has 6 nitrogen and oxygen atoms in total. The summed E-state index contributed by atoms with van der Waals surface area (Å²) in [5.74, 6) is 0.512. The van der Waals surface area contributed by atoms with Gasteiger partial charge in [-0.15, -0.1) is 0 Å². The molecule has 0 saturated heterocycles. The van der Waals surface area contributed by atoms with Gasteiger partial charge in [0.25, 0.3) is 0 Å². The third-order valence-corrected chi connectivity index (χ3v) is 3.12. The van der Waals surface area contributed by atoms with E-state index in [1.165, 1.54) is 32.0 Å². The molecule has 1 heterocycles. The van der Waals surface area contributed by atoms with Crippen LogP contribution >= 0.6 is 0 Å². The average Bonchev–Trinajstić information content (AvgIpc) is 2.81. The highest BCUT2D eigenvalue weighted by molar-refractivity contribution is 5.73. The molecule has 0 aliphatic heterocycles. The minimum Gasteiger partial charge on any atom is -0.480 e. The number of likely N-dealkylation sites (N-methyl/N-ethyl adjacent to an activating group) is 1. The van der Waals surface area contributed by atoms with Gasteiger partial charge in [0.2, 0.25) is 0 Å². The van der Waals surface area contributed by atoms with Crippen molar-refractivity contribution in [1.29, 1.82) is 0 Å². The molecular formula is C12H18N4O2. The maximum atomic E-state index is 10.6. The van der Waals surface area contributed by atoms with E-state index < -0.39 is 5.97 Å². The first-order valence-corrected chi connectivity index (χ1v) is 6.16. The number of aromatic nitrogens is 2. The van der Waals surface area contributed by atoms with E-state index in [0.717, 1.165) is 5.82 Å². The molecule has 1 saturated carbocycles. The molecule has 1 aromatic rings. The van der Waals surface area contributed by atoms with Crippen LogP contribution in [-0.2, 0) is 4.79 Å². The van der Waals surface area contributed by atoms with Gasteiger partial charge in [-0.2, -0.15) is 0 Å². The summed E-state index contributed by atoms with van der Waals surface area (Å²) in [6.07, 6.45) is 6.32. The second-order valence-corrected chi connectivity index (χ2v) is 4.64. The lowest BCUT2D eigenvalue weighted by Gasteiger charge is -2.17. The SMILES string of the molecule is CN(CC(=O)O)c1cc(NC2CCCC2)ncn1. The summed E-state index contributed by atoms with van der Waals surface area (Å²) in [4.78, 5) is 20.5. The monoisotopic (exact) mass is 250 g/mol. The number of anilines is 2. The minimum atomic E-state index is -0.874. The Morgan fingerprint density at radius 2 is 2.22 bits per heavy atom. The van der Waals surface area contributed by atoms with Crippen LogP contribution in [0.15, 0.2) is 12.4 Å². The molecule has 0 radical (unpaired) electrons. The lowest BCUT2D eigenvalue weighted by molar-refractivity contribution is -0.135. The molecule has 0 spiro atoms. The standard InChI is InChI=1S/C12H18N4O2/c1-16(7-12(17)18)11-6-10(13-8-14-11)15-9-4-2-3-5-9/h6,8-9H,2-5,7H2,1H3,(H,17,18)(H,13,14,15). The highest BCUT2D eigenvalue weighted by atomic mass is 16.4. The smallest absolute Gasteiger partial charge is 0.323 e. The van der Waals surface area contributed by atoms with Gasteiger partial charge in [0, 0.05) is 19.2 Å². The molecule has 0 atom stereocenters. The van der Waals surface area contributed by atoms with Crippen LogP contribution in [0.5, 0.6) is 0 Å². The summed E-state index contributed by atoms with van der Waals surface area (Å²) in [6.45, 7) is -0.0696. The van der Waals surface area contributed by atoms with Crippen LogP contribution in [0, 0.1) is 0 Å². The van der Waals surface area contributed by atoms with Gasteiger partial charge < -0.3 is 15.3 Å². The van der Waals surface area contributed by atoms with Gasteiger partial charge >= 0.3 is 5.97 Å². The highest BCUT2D eigenvalue weighted by Crippen LogP contribution is 2.22. The van der Waals surface area contributed by atoms with Crippen molar-refractivity contribution in [2.24, 2.45) is 0 Å². The molecule has 1 aliphatic carbocycles. The Bertz CT molecular complexity index is 418. The van der Waals surface area contributed by atoms with Gasteiger partial charge in [-0.05, 0) is 12.8 Å². The lowest BCUT2D eigenvalue weighted by atomic mass is 10.2. The Morgan fingerprint density at radius 1 is 1.50 bits per heavy atom. The molecule has 18 heavy (non-hydrogen) atoms. The van der Waals surface area contributed by atoms with Gasteiger partial charge in [-0.3, -0.25) is 4.79 Å². The van der Waals surface area contributed by atoms with E-state index in [9.17, 15) is 4.79 Å². The summed E-state index contributed by atoms with van der Waals surface area (Å²) in [7, 11) is 1.70. The summed E-state index contributed by atoms with van der Waals surface area (Å²) in [6, 6.07) is 2.28. The van der Waals surface area contributed by atoms with Crippen molar-refractivity contribution < 1.29 is 9.90 Å². The fourth-order valence-electron chi connectivity index (χ4n) is 2.20. The molecule has 0 aromatic carbocycles. The number of carbonyl (C=O) groups is 1. The van der Waals surface area contributed by atoms with Gasteiger partial charge in [-0.1, -0.05) is 12.8 Å². The third-order valence-electron chi connectivity index (χ3n) is 3.12. The molecule has 2 rings (SSSR count). The van der Waals surface area contributed by atoms with E-state index in [4.69, 9.17) is 5.11 Å². The molecule has 0 bridgehead atoms. The molecular weight excluding hydrogens is 232 g/mol. The average molecular weight is 250 g/mol. The Morgan fingerprint density at radius 3 is 2.89 bits per heavy atom. The zero-order valence-corrected chi connectivity index (χ0v) is 10.5. The first-order chi connectivity index (χ1) is 8.65. The van der Waals surface area contributed by atoms with Crippen molar-refractivity contribution in [3.05, 3.63) is 12.4 Å². The van der Waals surface area contributed by atoms with Crippen molar-refractivity contribution in [1.82, 2.24) is 9.97 Å². The molecule has 98 valence electrons. The van der Waals surface area contributed by atoms with Crippen LogP contribution in [0.4, 0.5) is 11.6 Å². The Kier molecular flexibility index (Phi) is 3.96. The summed E-state index contributed by atoms with van der Waals surface area (Å²) >= 11 is 0. The van der Waals surface area contributed by atoms with Crippen LogP contribution in [0.2, 0.25) is 0 Å². The van der Waals surface area contributed by atoms with Crippen LogP contribution < -0.4 is 10.2 Å². The van der Waals surface area contributed by atoms with Crippen molar-refractivity contribution in [2.45, 2.75) is 31.7 Å². The summed E-state index contributed by atoms with van der Waals surface area (Å²) in [5, 5.41) is 12.1. The number of hydrogen-bond donors (Lipinski definition) is 2. The van der Waals surface area contributed by atoms with Gasteiger partial charge in [0.1, 0.15) is 24.5 Å². The lowest BCUT2D eigenvalue weighted by Crippen LogP contribution is -2.26. The van der Waals surface area contributed by atoms with Gasteiger partial charge in [0.15, 0.2) is 0 Å². The number of carboxylic acids is 1. The normalized spacial score (nSPS) is 15.6. The number of carboxylic acid groups (broad SMARTS) is 1. The maximum absolute atomic E-state index is 10.6. The molecule has 0 amide bonds. The first-order valence-electron chi connectivity index (χ1n) is 6.16. The molecule has 1 fully saturated rings. The number of aliphatic carboxylic acids is 1. The number of rotatable bonds is 5. The highest BCUT2D eigenvalue weighted by Gasteiger charge is 2.15. The zero-order valence-electron chi connectivity index (χ0n) is 10.5. The number of nitrogens with one attached hydrogen (secondary N) is 1. The van der Waals surface area contributed by atoms with E-state index in [2.05, 4.69) is 15.3 Å². The van der Waals surface area contributed by atoms with Crippen LogP contribution in [0.3, 0.4) is 0 Å². The molecule has 1 aromatic heterocycles. The van der Waals surface area contributed by atoms with Crippen molar-refractivity contribution in [3.63, 3.8) is 0 Å². The van der Waals surface area contributed by atoms with Crippen LogP contribution in [-0.4, -0.2) is 40.7 Å². The predicted molar refractivity (Wildman–Crippen MR) is 68.8 cm³/mol. The van der Waals surface area contributed by atoms with Crippen molar-refractivity contribution >= 4 is 17.6 Å². The fourth-order valence-corrected chi connectivity index (χ4v) is 2.20. The van der Waals surface area contributed by atoms with Gasteiger partial charge in [0.05, 0.1) is 0 Å². The number of hydrogen-bond acceptors (Lipinski definition) is 5. The molecule has 1 aliphatic rings. The van der Waals surface area contributed by atoms with Crippen molar-refractivity contribution in [2.75, 3.05) is 23.8 Å². The van der Waals surface area contributed by atoms with Crippen LogP contribution in [0.25, 0.3) is 0 Å². The maximum Gasteiger partial charge on any atom is 0.323 e. The molecule has 6 heteroatoms. The third kappa shape index (κ3) is 3.32. The Hall–Kier alpha value is -1.85. The second-order valence-electron chi connectivity index (χ2n) is 4.64. The van der Waals surface area contributed by atoms with E-state index >= 15 is 0 Å². The second kappa shape index (κ2) is 5.66. The zero-order chi connectivity index (χ0) is 13.0. The van der Waals surface area contributed by atoms with Gasteiger partial charge in [-0.25, -0.2) is 9.97 Å². The fraction of sp³-hybridized carbons (Fsp3) is 0.583. The Balaban J connectivity index is 2.01. The molecule has 0 unspecified atom stereocenters. The largest absolute Gasteiger partial charge is 0.480 e. The molecule has 2 N–H and O–H groups in total. The van der Waals surface area contributed by atoms with Crippen molar-refractivity contribution in [3.8, 4) is 0 Å². The van der Waals surface area contributed by atoms with E-state index in [0.29, 0.717) is 11.9 Å². The summed E-state index contributed by atoms with van der Waals surface area (Å²) < 4.78 is 0. The Labute approximate surface area is 106 Å². The number of nitrogens with zero attached hydrogens (tertiary/aromatic N) is 3. The first kappa shape index (κ1) is 12.6. The van der Waals surface area contributed by atoms with E-state index in [1.807, 2.05) is 0 Å².